The molecule has 0 bridgehead atoms. The van der Waals surface area contributed by atoms with Gasteiger partial charge in [0.25, 0.3) is 11.5 Å². The molecule has 0 atom stereocenters. The fourth-order valence-electron chi connectivity index (χ4n) is 3.25. The van der Waals surface area contributed by atoms with E-state index in [0.29, 0.717) is 17.6 Å². The smallest absolute Gasteiger partial charge is 0.279 e. The first-order valence-corrected chi connectivity index (χ1v) is 9.44. The number of methoxy groups -OCH3 is 2. The first-order chi connectivity index (χ1) is 15.4. The lowest BCUT2D eigenvalue weighted by molar-refractivity contribution is 0.102. The van der Waals surface area contributed by atoms with E-state index < -0.39 is 23.1 Å². The zero-order valence-electron chi connectivity index (χ0n) is 17.1. The average molecular weight is 437 g/mol. The first kappa shape index (κ1) is 21.0. The first-order valence-electron chi connectivity index (χ1n) is 9.44. The Morgan fingerprint density at radius 3 is 2.41 bits per heavy atom. The summed E-state index contributed by atoms with van der Waals surface area (Å²) < 4.78 is 38.8. The maximum Gasteiger partial charge on any atom is 0.279 e. The fourth-order valence-corrected chi connectivity index (χ4v) is 3.25. The molecule has 1 amide bonds. The van der Waals surface area contributed by atoms with Crippen molar-refractivity contribution in [1.29, 1.82) is 0 Å². The topological polar surface area (TPSA) is 82.5 Å². The zero-order valence-corrected chi connectivity index (χ0v) is 17.1. The minimum atomic E-state index is -0.937. The third kappa shape index (κ3) is 3.76. The maximum absolute atomic E-state index is 14.1. The summed E-state index contributed by atoms with van der Waals surface area (Å²) in [4.78, 5) is 26.2. The van der Waals surface area contributed by atoms with Crippen LogP contribution in [0.25, 0.3) is 16.5 Å². The van der Waals surface area contributed by atoms with Gasteiger partial charge in [-0.2, -0.15) is 9.78 Å². The van der Waals surface area contributed by atoms with Gasteiger partial charge in [0, 0.05) is 17.5 Å². The van der Waals surface area contributed by atoms with Gasteiger partial charge < -0.3 is 14.8 Å². The van der Waals surface area contributed by atoms with Crippen molar-refractivity contribution in [2.75, 3.05) is 19.5 Å². The van der Waals surface area contributed by atoms with Crippen LogP contribution in [0.3, 0.4) is 0 Å². The van der Waals surface area contributed by atoms with Crippen molar-refractivity contribution in [3.63, 3.8) is 0 Å². The molecule has 1 heterocycles. The molecule has 0 saturated heterocycles. The van der Waals surface area contributed by atoms with Gasteiger partial charge in [-0.05, 0) is 30.3 Å². The van der Waals surface area contributed by atoms with Crippen LogP contribution in [0.1, 0.15) is 10.5 Å². The highest BCUT2D eigenvalue weighted by Gasteiger charge is 2.20. The number of benzene rings is 3. The van der Waals surface area contributed by atoms with Gasteiger partial charge in [0.05, 0.1) is 25.3 Å². The quantitative estimate of drug-likeness (QED) is 0.512. The van der Waals surface area contributed by atoms with Crippen molar-refractivity contribution < 1.29 is 23.0 Å². The summed E-state index contributed by atoms with van der Waals surface area (Å²) >= 11 is 0. The van der Waals surface area contributed by atoms with Crippen LogP contribution in [0, 0.1) is 11.6 Å². The standard InChI is InChI=1S/C23H17F2N3O4/c1-31-14-8-10-19(20(12-14)32-2)28-23(30)16-6-4-3-5-15(16)21(27-28)22(29)26-18-9-7-13(24)11-17(18)25/h3-12H,1-2H3,(H,26,29). The van der Waals surface area contributed by atoms with Crippen LogP contribution in [0.5, 0.6) is 11.5 Å². The number of rotatable bonds is 5. The molecule has 9 heteroatoms. The van der Waals surface area contributed by atoms with Crippen molar-refractivity contribution in [1.82, 2.24) is 9.78 Å². The van der Waals surface area contributed by atoms with Gasteiger partial charge in [-0.3, -0.25) is 9.59 Å². The summed E-state index contributed by atoms with van der Waals surface area (Å²) in [6.07, 6.45) is 0. The fraction of sp³-hybridized carbons (Fsp3) is 0.0870. The van der Waals surface area contributed by atoms with Crippen LogP contribution >= 0.6 is 0 Å². The monoisotopic (exact) mass is 437 g/mol. The van der Waals surface area contributed by atoms with Crippen molar-refractivity contribution in [3.05, 3.63) is 88.3 Å². The normalized spacial score (nSPS) is 10.8. The van der Waals surface area contributed by atoms with Gasteiger partial charge in [0.2, 0.25) is 0 Å². The molecular weight excluding hydrogens is 420 g/mol. The Labute approximate surface area is 180 Å². The van der Waals surface area contributed by atoms with Crippen LogP contribution < -0.4 is 20.3 Å². The van der Waals surface area contributed by atoms with Crippen LogP contribution in [0.15, 0.2) is 65.5 Å². The molecule has 0 aliphatic rings. The van der Waals surface area contributed by atoms with Crippen LogP contribution in [0.4, 0.5) is 14.5 Å². The summed E-state index contributed by atoms with van der Waals surface area (Å²) in [6.45, 7) is 0. The van der Waals surface area contributed by atoms with E-state index in [4.69, 9.17) is 9.47 Å². The average Bonchev–Trinajstić information content (AvgIpc) is 2.81. The lowest BCUT2D eigenvalue weighted by Crippen LogP contribution is -2.27. The zero-order chi connectivity index (χ0) is 22.8. The Kier molecular flexibility index (Phi) is 5.55. The second kappa shape index (κ2) is 8.46. The van der Waals surface area contributed by atoms with Gasteiger partial charge in [-0.25, -0.2) is 8.78 Å². The molecule has 162 valence electrons. The summed E-state index contributed by atoms with van der Waals surface area (Å²) in [7, 11) is 2.92. The van der Waals surface area contributed by atoms with E-state index in [-0.39, 0.29) is 27.8 Å². The molecular formula is C23H17F2N3O4. The summed E-state index contributed by atoms with van der Waals surface area (Å²) in [5.41, 5.74) is -0.538. The van der Waals surface area contributed by atoms with Crippen LogP contribution in [-0.4, -0.2) is 29.9 Å². The van der Waals surface area contributed by atoms with Crippen molar-refractivity contribution in [2.24, 2.45) is 0 Å². The van der Waals surface area contributed by atoms with Crippen molar-refractivity contribution >= 4 is 22.4 Å². The van der Waals surface area contributed by atoms with Gasteiger partial charge in [-0.15, -0.1) is 0 Å². The molecule has 3 aromatic carbocycles. The van der Waals surface area contributed by atoms with E-state index in [1.807, 2.05) is 0 Å². The van der Waals surface area contributed by atoms with Crippen molar-refractivity contribution in [2.45, 2.75) is 0 Å². The number of nitrogens with one attached hydrogen (secondary N) is 1. The van der Waals surface area contributed by atoms with E-state index >= 15 is 0 Å². The van der Waals surface area contributed by atoms with Gasteiger partial charge >= 0.3 is 0 Å². The number of fused-ring (bicyclic) bond motifs is 1. The number of amides is 1. The van der Waals surface area contributed by atoms with Gasteiger partial charge in [0.1, 0.15) is 28.8 Å². The van der Waals surface area contributed by atoms with E-state index in [9.17, 15) is 18.4 Å². The molecule has 32 heavy (non-hydrogen) atoms. The van der Waals surface area contributed by atoms with Crippen LogP contribution in [0.2, 0.25) is 0 Å². The second-order valence-corrected chi connectivity index (χ2v) is 6.73. The number of carbonyl (C=O) groups excluding carboxylic acids is 1. The predicted molar refractivity (Wildman–Crippen MR) is 115 cm³/mol. The van der Waals surface area contributed by atoms with Crippen molar-refractivity contribution in [3.8, 4) is 17.2 Å². The molecule has 1 aromatic heterocycles. The SMILES string of the molecule is COc1ccc(-n2nc(C(=O)Nc3ccc(F)cc3F)c3ccccc3c2=O)c(OC)c1. The Morgan fingerprint density at radius 1 is 0.969 bits per heavy atom. The van der Waals surface area contributed by atoms with Crippen LogP contribution in [-0.2, 0) is 0 Å². The summed E-state index contributed by atoms with van der Waals surface area (Å²) in [5.74, 6) is -1.68. The molecule has 0 radical (unpaired) electrons. The molecule has 0 saturated carbocycles. The second-order valence-electron chi connectivity index (χ2n) is 6.73. The van der Waals surface area contributed by atoms with E-state index in [2.05, 4.69) is 10.4 Å². The van der Waals surface area contributed by atoms with E-state index in [1.54, 1.807) is 42.5 Å². The Hall–Kier alpha value is -4.27. The number of aromatic nitrogens is 2. The Balaban J connectivity index is 1.90. The minimum Gasteiger partial charge on any atom is -0.497 e. The molecule has 0 unspecified atom stereocenters. The number of halogens is 2. The third-order valence-electron chi connectivity index (χ3n) is 4.81. The van der Waals surface area contributed by atoms with E-state index in [1.165, 1.54) is 14.2 Å². The highest BCUT2D eigenvalue weighted by atomic mass is 19.1. The summed E-state index contributed by atoms with van der Waals surface area (Å²) in [6, 6.07) is 14.0. The number of nitrogens with zero attached hydrogens (tertiary/aromatic N) is 2. The van der Waals surface area contributed by atoms with Gasteiger partial charge in [-0.1, -0.05) is 18.2 Å². The van der Waals surface area contributed by atoms with E-state index in [0.717, 1.165) is 16.8 Å². The molecule has 1 N–H and O–H groups in total. The highest BCUT2D eigenvalue weighted by molar-refractivity contribution is 6.11. The lowest BCUT2D eigenvalue weighted by atomic mass is 10.1. The molecule has 0 aliphatic carbocycles. The van der Waals surface area contributed by atoms with Gasteiger partial charge in [0.15, 0.2) is 5.69 Å². The number of anilines is 1. The highest BCUT2D eigenvalue weighted by Crippen LogP contribution is 2.27. The molecule has 4 aromatic rings. The number of hydrogen-bond acceptors (Lipinski definition) is 5. The molecule has 7 nitrogen and oxygen atoms in total. The molecule has 0 aliphatic heterocycles. The molecule has 0 spiro atoms. The Bertz CT molecular complexity index is 1400. The minimum absolute atomic E-state index is 0.123. The molecule has 4 rings (SSSR count). The maximum atomic E-state index is 14.1. The number of carbonyl (C=O) groups is 1. The third-order valence-corrected chi connectivity index (χ3v) is 4.81. The largest absolute Gasteiger partial charge is 0.497 e. The molecule has 0 fully saturated rings. The predicted octanol–water partition coefficient (Wildman–Crippen LogP) is 3.93. The summed E-state index contributed by atoms with van der Waals surface area (Å²) in [5, 5.41) is 7.14. The lowest BCUT2D eigenvalue weighted by Gasteiger charge is -2.14. The number of ether oxygens (including phenoxy) is 2. The Morgan fingerprint density at radius 2 is 1.72 bits per heavy atom. The number of hydrogen-bond donors (Lipinski definition) is 1.